The van der Waals surface area contributed by atoms with Crippen LogP contribution < -0.4 is 9.64 Å². The van der Waals surface area contributed by atoms with Crippen LogP contribution in [0.4, 0.5) is 19.0 Å². The number of piperazine rings is 1. The molecule has 1 aliphatic heterocycles. The summed E-state index contributed by atoms with van der Waals surface area (Å²) in [5.74, 6) is 1.04. The Balaban J connectivity index is 1.22. The van der Waals surface area contributed by atoms with Crippen molar-refractivity contribution in [1.82, 2.24) is 34.9 Å². The SMILES string of the molecule is COc1ccc(-c2noc(CN3CCN(c4ccc5nnc(C(F)(F)F)n5n4)CC3)n2)cc1. The van der Waals surface area contributed by atoms with Crippen LogP contribution in [0.25, 0.3) is 17.0 Å². The van der Waals surface area contributed by atoms with Crippen LogP contribution in [-0.4, -0.2) is 68.1 Å². The Morgan fingerprint density at radius 2 is 1.76 bits per heavy atom. The molecular formula is C20H19F3N8O2. The molecule has 33 heavy (non-hydrogen) atoms. The van der Waals surface area contributed by atoms with Crippen LogP contribution in [0.15, 0.2) is 40.9 Å². The number of nitrogens with zero attached hydrogens (tertiary/aromatic N) is 8. The van der Waals surface area contributed by atoms with Gasteiger partial charge in [-0.3, -0.25) is 4.90 Å². The molecule has 4 aromatic rings. The quantitative estimate of drug-likeness (QED) is 0.445. The van der Waals surface area contributed by atoms with Crippen LogP contribution in [0.3, 0.4) is 0 Å². The molecule has 0 radical (unpaired) electrons. The summed E-state index contributed by atoms with van der Waals surface area (Å²) in [6.45, 7) is 2.97. The minimum atomic E-state index is -4.63. The first-order valence-electron chi connectivity index (χ1n) is 10.1. The molecule has 0 atom stereocenters. The number of hydrogen-bond acceptors (Lipinski definition) is 9. The average Bonchev–Trinajstić information content (AvgIpc) is 3.46. The zero-order valence-corrected chi connectivity index (χ0v) is 17.5. The number of hydrogen-bond donors (Lipinski definition) is 0. The Morgan fingerprint density at radius 1 is 1.00 bits per heavy atom. The molecule has 10 nitrogen and oxygen atoms in total. The summed E-state index contributed by atoms with van der Waals surface area (Å²) in [6.07, 6.45) is -4.63. The van der Waals surface area contributed by atoms with E-state index in [1.54, 1.807) is 13.2 Å². The average molecular weight is 460 g/mol. The number of rotatable bonds is 5. The summed E-state index contributed by atoms with van der Waals surface area (Å²) in [5.41, 5.74) is 0.873. The van der Waals surface area contributed by atoms with E-state index in [2.05, 4.69) is 30.3 Å². The molecule has 4 heterocycles. The minimum Gasteiger partial charge on any atom is -0.497 e. The molecule has 0 amide bonds. The lowest BCUT2D eigenvalue weighted by Crippen LogP contribution is -2.46. The maximum absolute atomic E-state index is 13.1. The van der Waals surface area contributed by atoms with Crippen molar-refractivity contribution in [3.05, 3.63) is 48.1 Å². The summed E-state index contributed by atoms with van der Waals surface area (Å²) in [5, 5.41) is 14.9. The van der Waals surface area contributed by atoms with Gasteiger partial charge in [0.15, 0.2) is 5.65 Å². The number of anilines is 1. The molecule has 0 N–H and O–H groups in total. The normalized spacial score (nSPS) is 15.3. The Kier molecular flexibility index (Phi) is 5.32. The molecule has 1 fully saturated rings. The summed E-state index contributed by atoms with van der Waals surface area (Å²) >= 11 is 0. The molecule has 1 saturated heterocycles. The highest BCUT2D eigenvalue weighted by Gasteiger charge is 2.38. The van der Waals surface area contributed by atoms with Crippen LogP contribution in [0, 0.1) is 0 Å². The zero-order chi connectivity index (χ0) is 23.0. The number of fused-ring (bicyclic) bond motifs is 1. The van der Waals surface area contributed by atoms with Gasteiger partial charge in [-0.15, -0.1) is 15.3 Å². The van der Waals surface area contributed by atoms with Gasteiger partial charge < -0.3 is 14.2 Å². The van der Waals surface area contributed by atoms with E-state index in [1.807, 2.05) is 29.2 Å². The van der Waals surface area contributed by atoms with Crippen LogP contribution in [0.2, 0.25) is 0 Å². The van der Waals surface area contributed by atoms with Crippen LogP contribution in [0.5, 0.6) is 5.75 Å². The maximum atomic E-state index is 13.1. The van der Waals surface area contributed by atoms with E-state index in [4.69, 9.17) is 9.26 Å². The molecule has 0 spiro atoms. The van der Waals surface area contributed by atoms with Gasteiger partial charge in [-0.1, -0.05) is 5.16 Å². The second-order valence-electron chi connectivity index (χ2n) is 7.49. The van der Waals surface area contributed by atoms with Gasteiger partial charge >= 0.3 is 6.18 Å². The standard InChI is InChI=1S/C20H19F3N8O2/c1-32-14-4-2-13(3-5-14)18-24-17(33-28-18)12-29-8-10-30(11-9-29)16-7-6-15-25-26-19(20(21,22)23)31(15)27-16/h2-7H,8-12H2,1H3. The first-order valence-corrected chi connectivity index (χ1v) is 10.1. The number of alkyl halides is 3. The van der Waals surface area contributed by atoms with E-state index in [1.165, 1.54) is 6.07 Å². The van der Waals surface area contributed by atoms with Crippen LogP contribution in [0.1, 0.15) is 11.7 Å². The third kappa shape index (κ3) is 4.31. The van der Waals surface area contributed by atoms with Crippen molar-refractivity contribution < 1.29 is 22.4 Å². The van der Waals surface area contributed by atoms with Crippen molar-refractivity contribution in [1.29, 1.82) is 0 Å². The largest absolute Gasteiger partial charge is 0.497 e. The van der Waals surface area contributed by atoms with Gasteiger partial charge in [0.2, 0.25) is 11.7 Å². The Hall–Kier alpha value is -3.74. The highest BCUT2D eigenvalue weighted by molar-refractivity contribution is 5.55. The third-order valence-electron chi connectivity index (χ3n) is 5.37. The lowest BCUT2D eigenvalue weighted by Gasteiger charge is -2.34. The van der Waals surface area contributed by atoms with Gasteiger partial charge in [-0.25, -0.2) is 0 Å². The summed E-state index contributed by atoms with van der Waals surface area (Å²) < 4.78 is 50.6. The molecule has 3 aromatic heterocycles. The number of methoxy groups -OCH3 is 1. The summed E-state index contributed by atoms with van der Waals surface area (Å²) in [6, 6.07) is 10.5. The fraction of sp³-hybridized carbons (Fsp3) is 0.350. The van der Waals surface area contributed by atoms with E-state index in [-0.39, 0.29) is 5.65 Å². The topological polar surface area (TPSA) is 97.7 Å². The molecule has 13 heteroatoms. The highest BCUT2D eigenvalue weighted by atomic mass is 19.4. The molecule has 0 bridgehead atoms. The van der Waals surface area contributed by atoms with Gasteiger partial charge in [0.1, 0.15) is 11.6 Å². The first kappa shape index (κ1) is 21.1. The van der Waals surface area contributed by atoms with Gasteiger partial charge in [0.25, 0.3) is 5.82 Å². The van der Waals surface area contributed by atoms with E-state index < -0.39 is 12.0 Å². The number of aromatic nitrogens is 6. The number of halogens is 3. The Morgan fingerprint density at radius 3 is 2.45 bits per heavy atom. The van der Waals surface area contributed by atoms with Crippen LogP contribution >= 0.6 is 0 Å². The minimum absolute atomic E-state index is 0.0498. The predicted octanol–water partition coefficient (Wildman–Crippen LogP) is 2.52. The lowest BCUT2D eigenvalue weighted by atomic mass is 10.2. The molecule has 5 rings (SSSR count). The molecule has 1 aliphatic rings. The van der Waals surface area contributed by atoms with E-state index >= 15 is 0 Å². The van der Waals surface area contributed by atoms with Crippen molar-refractivity contribution in [3.63, 3.8) is 0 Å². The summed E-state index contributed by atoms with van der Waals surface area (Å²) in [4.78, 5) is 8.52. The molecule has 0 aliphatic carbocycles. The molecule has 172 valence electrons. The van der Waals surface area contributed by atoms with E-state index in [0.29, 0.717) is 50.3 Å². The number of ether oxygens (including phenoxy) is 1. The fourth-order valence-electron chi connectivity index (χ4n) is 3.63. The van der Waals surface area contributed by atoms with E-state index in [0.717, 1.165) is 15.8 Å². The molecule has 0 saturated carbocycles. The predicted molar refractivity (Wildman–Crippen MR) is 110 cm³/mol. The van der Waals surface area contributed by atoms with Gasteiger partial charge in [-0.05, 0) is 36.4 Å². The van der Waals surface area contributed by atoms with Crippen molar-refractivity contribution in [2.45, 2.75) is 12.7 Å². The second-order valence-corrected chi connectivity index (χ2v) is 7.49. The third-order valence-corrected chi connectivity index (χ3v) is 5.37. The maximum Gasteiger partial charge on any atom is 0.453 e. The van der Waals surface area contributed by atoms with Gasteiger partial charge in [0.05, 0.1) is 13.7 Å². The van der Waals surface area contributed by atoms with Gasteiger partial charge in [-0.2, -0.15) is 22.7 Å². The zero-order valence-electron chi connectivity index (χ0n) is 17.5. The smallest absolute Gasteiger partial charge is 0.453 e. The molecule has 0 unspecified atom stereocenters. The van der Waals surface area contributed by atoms with Crippen molar-refractivity contribution in [3.8, 4) is 17.1 Å². The van der Waals surface area contributed by atoms with E-state index in [9.17, 15) is 13.2 Å². The molecular weight excluding hydrogens is 441 g/mol. The van der Waals surface area contributed by atoms with Crippen molar-refractivity contribution in [2.24, 2.45) is 0 Å². The van der Waals surface area contributed by atoms with Crippen molar-refractivity contribution >= 4 is 11.5 Å². The Bertz CT molecular complexity index is 1250. The van der Waals surface area contributed by atoms with Crippen molar-refractivity contribution in [2.75, 3.05) is 38.2 Å². The summed E-state index contributed by atoms with van der Waals surface area (Å²) in [7, 11) is 1.60. The monoisotopic (exact) mass is 460 g/mol. The lowest BCUT2D eigenvalue weighted by molar-refractivity contribution is -0.146. The first-order chi connectivity index (χ1) is 15.9. The Labute approximate surface area is 185 Å². The fourth-order valence-corrected chi connectivity index (χ4v) is 3.63. The highest BCUT2D eigenvalue weighted by Crippen LogP contribution is 2.28. The van der Waals surface area contributed by atoms with Crippen LogP contribution in [-0.2, 0) is 12.7 Å². The van der Waals surface area contributed by atoms with Gasteiger partial charge in [0, 0.05) is 31.7 Å². The molecule has 1 aromatic carbocycles. The second kappa shape index (κ2) is 8.31. The number of benzene rings is 1.